The van der Waals surface area contributed by atoms with Crippen LogP contribution in [-0.4, -0.2) is 5.91 Å². The summed E-state index contributed by atoms with van der Waals surface area (Å²) < 4.78 is 80.5. The summed E-state index contributed by atoms with van der Waals surface area (Å²) in [6.07, 6.45) is -10.0. The molecule has 1 heterocycles. The Labute approximate surface area is 173 Å². The number of hydrogen-bond donors (Lipinski definition) is 0. The molecular formula is C23H15F6NO. The molecule has 8 heteroatoms. The molecule has 0 saturated carbocycles. The van der Waals surface area contributed by atoms with Crippen LogP contribution >= 0.6 is 0 Å². The van der Waals surface area contributed by atoms with Gasteiger partial charge in [-0.1, -0.05) is 36.4 Å². The van der Waals surface area contributed by atoms with E-state index in [2.05, 4.69) is 0 Å². The number of carbonyl (C=O) groups excluding carboxylic acids is 1. The normalized spacial score (nSPS) is 18.9. The van der Waals surface area contributed by atoms with Crippen LogP contribution in [0, 0.1) is 0 Å². The Morgan fingerprint density at radius 2 is 1.26 bits per heavy atom. The van der Waals surface area contributed by atoms with E-state index in [1.807, 2.05) is 0 Å². The number of halogens is 6. The standard InChI is InChI=1S/C23H15F6NO/c1-21(14-11-15(22(24,25)26)13-16(12-14)23(27,28)29)18-9-5-6-10-19(18)30(20(21)31)17-7-3-2-4-8-17/h2-13H,1H3/t21-/m1/s1. The number of nitrogens with zero attached hydrogens (tertiary/aromatic N) is 1. The third-order valence-corrected chi connectivity index (χ3v) is 5.49. The Bertz CT molecular complexity index is 1120. The molecule has 4 rings (SSSR count). The Balaban J connectivity index is 1.99. The number of para-hydroxylation sites is 2. The highest BCUT2D eigenvalue weighted by Gasteiger charge is 2.50. The largest absolute Gasteiger partial charge is 0.416 e. The summed E-state index contributed by atoms with van der Waals surface area (Å²) in [4.78, 5) is 14.9. The van der Waals surface area contributed by atoms with Crippen LogP contribution in [0.1, 0.15) is 29.2 Å². The maximum absolute atomic E-state index is 13.6. The minimum atomic E-state index is -5.01. The van der Waals surface area contributed by atoms with Gasteiger partial charge in [-0.3, -0.25) is 9.69 Å². The van der Waals surface area contributed by atoms with E-state index in [0.29, 0.717) is 29.1 Å². The van der Waals surface area contributed by atoms with Crippen molar-refractivity contribution in [3.8, 4) is 0 Å². The molecular weight excluding hydrogens is 420 g/mol. The van der Waals surface area contributed by atoms with Crippen LogP contribution in [0.3, 0.4) is 0 Å². The first-order valence-corrected chi connectivity index (χ1v) is 9.23. The van der Waals surface area contributed by atoms with Gasteiger partial charge in [0.25, 0.3) is 0 Å². The summed E-state index contributed by atoms with van der Waals surface area (Å²) in [6.45, 7) is 1.35. The number of benzene rings is 3. The Kier molecular flexibility index (Phi) is 4.64. The molecule has 1 aliphatic rings. The zero-order valence-corrected chi connectivity index (χ0v) is 16.1. The molecule has 0 unspecified atom stereocenters. The number of alkyl halides is 6. The van der Waals surface area contributed by atoms with Gasteiger partial charge in [0.05, 0.1) is 22.2 Å². The highest BCUT2D eigenvalue weighted by Crippen LogP contribution is 2.50. The van der Waals surface area contributed by atoms with Gasteiger partial charge >= 0.3 is 12.4 Å². The molecule has 2 nitrogen and oxygen atoms in total. The zero-order valence-electron chi connectivity index (χ0n) is 16.1. The molecule has 0 saturated heterocycles. The lowest BCUT2D eigenvalue weighted by Crippen LogP contribution is -2.37. The molecule has 0 spiro atoms. The molecule has 31 heavy (non-hydrogen) atoms. The monoisotopic (exact) mass is 435 g/mol. The highest BCUT2D eigenvalue weighted by molar-refractivity contribution is 6.14. The number of amides is 1. The molecule has 0 bridgehead atoms. The fraction of sp³-hybridized carbons (Fsp3) is 0.174. The van der Waals surface area contributed by atoms with Crippen LogP contribution in [0.15, 0.2) is 72.8 Å². The van der Waals surface area contributed by atoms with Crippen LogP contribution in [0.4, 0.5) is 37.7 Å². The molecule has 0 aliphatic carbocycles. The third-order valence-electron chi connectivity index (χ3n) is 5.49. The first-order chi connectivity index (χ1) is 14.4. The molecule has 3 aromatic rings. The average Bonchev–Trinajstić information content (AvgIpc) is 2.95. The molecule has 1 aliphatic heterocycles. The summed E-state index contributed by atoms with van der Waals surface area (Å²) in [7, 11) is 0. The maximum Gasteiger partial charge on any atom is 0.416 e. The number of fused-ring (bicyclic) bond motifs is 1. The van der Waals surface area contributed by atoms with Crippen LogP contribution < -0.4 is 4.90 Å². The first-order valence-electron chi connectivity index (χ1n) is 9.23. The third kappa shape index (κ3) is 3.36. The second-order valence-electron chi connectivity index (χ2n) is 7.41. The summed E-state index contributed by atoms with van der Waals surface area (Å²) in [5, 5.41) is 0. The summed E-state index contributed by atoms with van der Waals surface area (Å²) >= 11 is 0. The topological polar surface area (TPSA) is 20.3 Å². The van der Waals surface area contributed by atoms with E-state index in [1.54, 1.807) is 54.6 Å². The second kappa shape index (κ2) is 6.87. The van der Waals surface area contributed by atoms with Gasteiger partial charge in [-0.15, -0.1) is 0 Å². The molecule has 0 N–H and O–H groups in total. The highest BCUT2D eigenvalue weighted by atomic mass is 19.4. The van der Waals surface area contributed by atoms with E-state index in [4.69, 9.17) is 0 Å². The van der Waals surface area contributed by atoms with Crippen molar-refractivity contribution >= 4 is 17.3 Å². The molecule has 160 valence electrons. The lowest BCUT2D eigenvalue weighted by atomic mass is 9.76. The van der Waals surface area contributed by atoms with Crippen molar-refractivity contribution in [3.05, 3.63) is 95.1 Å². The first kappa shape index (κ1) is 21.0. The maximum atomic E-state index is 13.6. The predicted octanol–water partition coefficient (Wildman–Crippen LogP) is 6.71. The van der Waals surface area contributed by atoms with Gasteiger partial charge in [-0.25, -0.2) is 0 Å². The van der Waals surface area contributed by atoms with Crippen LogP contribution in [0.2, 0.25) is 0 Å². The smallest absolute Gasteiger partial charge is 0.280 e. The van der Waals surface area contributed by atoms with Gasteiger partial charge in [0.1, 0.15) is 0 Å². The van der Waals surface area contributed by atoms with E-state index in [9.17, 15) is 31.1 Å². The summed E-state index contributed by atoms with van der Waals surface area (Å²) in [5.74, 6) is -0.632. The van der Waals surface area contributed by atoms with Crippen LogP contribution in [-0.2, 0) is 22.6 Å². The lowest BCUT2D eigenvalue weighted by molar-refractivity contribution is -0.143. The Morgan fingerprint density at radius 1 is 0.742 bits per heavy atom. The van der Waals surface area contributed by atoms with Gasteiger partial charge in [0, 0.05) is 5.69 Å². The molecule has 0 radical (unpaired) electrons. The Morgan fingerprint density at radius 3 is 1.81 bits per heavy atom. The van der Waals surface area contributed by atoms with E-state index in [0.717, 1.165) is 0 Å². The van der Waals surface area contributed by atoms with Crippen LogP contribution in [0.25, 0.3) is 0 Å². The predicted molar refractivity (Wildman–Crippen MR) is 103 cm³/mol. The SMILES string of the molecule is C[C@]1(c2cc(C(F)(F)F)cc(C(F)(F)F)c2)C(=O)N(c2ccccc2)c2ccccc21. The number of rotatable bonds is 2. The summed E-state index contributed by atoms with van der Waals surface area (Å²) in [5.41, 5.74) is -3.82. The van der Waals surface area contributed by atoms with Crippen molar-refractivity contribution in [1.29, 1.82) is 0 Å². The number of hydrogen-bond acceptors (Lipinski definition) is 1. The number of anilines is 2. The Hall–Kier alpha value is -3.29. The van der Waals surface area contributed by atoms with Gasteiger partial charge in [-0.2, -0.15) is 26.3 Å². The fourth-order valence-electron chi connectivity index (χ4n) is 3.90. The molecule has 0 fully saturated rings. The molecule has 0 aromatic heterocycles. The quantitative estimate of drug-likeness (QED) is 0.410. The second-order valence-corrected chi connectivity index (χ2v) is 7.41. The molecule has 1 amide bonds. The van der Waals surface area contributed by atoms with E-state index in [1.165, 1.54) is 11.8 Å². The molecule has 3 aromatic carbocycles. The van der Waals surface area contributed by atoms with Crippen molar-refractivity contribution in [2.24, 2.45) is 0 Å². The summed E-state index contributed by atoms with van der Waals surface area (Å²) in [6, 6.07) is 16.1. The van der Waals surface area contributed by atoms with Gasteiger partial charge in [0.2, 0.25) is 5.91 Å². The van der Waals surface area contributed by atoms with Gasteiger partial charge in [-0.05, 0) is 54.4 Å². The minimum Gasteiger partial charge on any atom is -0.280 e. The lowest BCUT2D eigenvalue weighted by Gasteiger charge is -2.27. The van der Waals surface area contributed by atoms with Crippen molar-refractivity contribution in [2.75, 3.05) is 4.90 Å². The van der Waals surface area contributed by atoms with E-state index in [-0.39, 0.29) is 11.6 Å². The van der Waals surface area contributed by atoms with Crippen molar-refractivity contribution in [2.45, 2.75) is 24.7 Å². The van der Waals surface area contributed by atoms with Crippen molar-refractivity contribution < 1.29 is 31.1 Å². The van der Waals surface area contributed by atoms with E-state index < -0.39 is 34.8 Å². The van der Waals surface area contributed by atoms with Gasteiger partial charge < -0.3 is 0 Å². The van der Waals surface area contributed by atoms with Crippen molar-refractivity contribution in [1.82, 2.24) is 0 Å². The zero-order chi connectivity index (χ0) is 22.6. The molecule has 1 atom stereocenters. The fourth-order valence-corrected chi connectivity index (χ4v) is 3.90. The number of carbonyl (C=O) groups is 1. The van der Waals surface area contributed by atoms with Gasteiger partial charge in [0.15, 0.2) is 0 Å². The van der Waals surface area contributed by atoms with Crippen LogP contribution in [0.5, 0.6) is 0 Å². The van der Waals surface area contributed by atoms with Crippen molar-refractivity contribution in [3.63, 3.8) is 0 Å². The minimum absolute atomic E-state index is 0.0627. The van der Waals surface area contributed by atoms with E-state index >= 15 is 0 Å². The average molecular weight is 435 g/mol.